The molecule has 2 N–H and O–H groups in total. The van der Waals surface area contributed by atoms with Crippen molar-refractivity contribution in [2.45, 2.75) is 13.0 Å². The van der Waals surface area contributed by atoms with Crippen molar-refractivity contribution in [3.05, 3.63) is 53.6 Å². The highest BCUT2D eigenvalue weighted by Crippen LogP contribution is 2.33. The van der Waals surface area contributed by atoms with Gasteiger partial charge in [0.2, 0.25) is 0 Å². The van der Waals surface area contributed by atoms with Gasteiger partial charge in [-0.15, -0.1) is 0 Å². The topological polar surface area (TPSA) is 38.5 Å². The van der Waals surface area contributed by atoms with E-state index in [-0.39, 0.29) is 0 Å². The van der Waals surface area contributed by atoms with Crippen molar-refractivity contribution in [2.75, 3.05) is 24.3 Å². The molecule has 1 heterocycles. The van der Waals surface area contributed by atoms with Crippen molar-refractivity contribution in [3.8, 4) is 5.75 Å². The molecule has 0 fully saturated rings. The lowest BCUT2D eigenvalue weighted by atomic mass is 10.1. The van der Waals surface area contributed by atoms with Crippen molar-refractivity contribution in [1.29, 1.82) is 0 Å². The predicted octanol–water partition coefficient (Wildman–Crippen LogP) is 2.84. The summed E-state index contributed by atoms with van der Waals surface area (Å²) in [7, 11) is 1.69. The van der Waals surface area contributed by atoms with Gasteiger partial charge < -0.3 is 15.4 Å². The zero-order valence-electron chi connectivity index (χ0n) is 11.1. The van der Waals surface area contributed by atoms with E-state index in [1.165, 1.54) is 16.8 Å². The van der Waals surface area contributed by atoms with E-state index in [2.05, 4.69) is 23.1 Å². The molecule has 0 radical (unpaired) electrons. The maximum Gasteiger partial charge on any atom is 0.118 e. The first kappa shape index (κ1) is 11.9. The number of hydrogen-bond donors (Lipinski definition) is 1. The third kappa shape index (κ3) is 2.24. The highest BCUT2D eigenvalue weighted by Gasteiger charge is 2.20. The molecular weight excluding hydrogens is 236 g/mol. The molecule has 19 heavy (non-hydrogen) atoms. The second-order valence-corrected chi connectivity index (χ2v) is 4.86. The summed E-state index contributed by atoms with van der Waals surface area (Å²) < 4.78 is 5.18. The van der Waals surface area contributed by atoms with Crippen LogP contribution in [0.1, 0.15) is 11.1 Å². The number of ether oxygens (including phenoxy) is 1. The summed E-state index contributed by atoms with van der Waals surface area (Å²) in [5, 5.41) is 0. The molecular formula is C16H18N2O. The van der Waals surface area contributed by atoms with Gasteiger partial charge in [-0.25, -0.2) is 0 Å². The van der Waals surface area contributed by atoms with Crippen molar-refractivity contribution in [3.63, 3.8) is 0 Å². The molecule has 0 saturated carbocycles. The molecule has 0 spiro atoms. The third-order valence-corrected chi connectivity index (χ3v) is 3.69. The number of rotatable bonds is 3. The Hall–Kier alpha value is -2.16. The second kappa shape index (κ2) is 4.84. The van der Waals surface area contributed by atoms with Gasteiger partial charge in [0.1, 0.15) is 5.75 Å². The largest absolute Gasteiger partial charge is 0.497 e. The average Bonchev–Trinajstić information content (AvgIpc) is 2.84. The summed E-state index contributed by atoms with van der Waals surface area (Å²) >= 11 is 0. The van der Waals surface area contributed by atoms with E-state index in [9.17, 15) is 0 Å². The zero-order chi connectivity index (χ0) is 13.2. The average molecular weight is 254 g/mol. The fourth-order valence-electron chi connectivity index (χ4n) is 2.64. The predicted molar refractivity (Wildman–Crippen MR) is 78.6 cm³/mol. The minimum Gasteiger partial charge on any atom is -0.497 e. The Morgan fingerprint density at radius 3 is 2.68 bits per heavy atom. The van der Waals surface area contributed by atoms with Crippen molar-refractivity contribution < 1.29 is 4.74 Å². The first-order valence-electron chi connectivity index (χ1n) is 6.53. The minimum atomic E-state index is 0.898. The first-order valence-corrected chi connectivity index (χ1v) is 6.53. The van der Waals surface area contributed by atoms with Gasteiger partial charge >= 0.3 is 0 Å². The second-order valence-electron chi connectivity index (χ2n) is 4.86. The van der Waals surface area contributed by atoms with Crippen LogP contribution in [0.15, 0.2) is 42.5 Å². The van der Waals surface area contributed by atoms with E-state index in [1.807, 2.05) is 24.3 Å². The van der Waals surface area contributed by atoms with Crippen LogP contribution in [-0.4, -0.2) is 13.7 Å². The Labute approximate surface area is 113 Å². The van der Waals surface area contributed by atoms with Crippen LogP contribution in [-0.2, 0) is 13.0 Å². The number of benzene rings is 2. The SMILES string of the molecule is COc1ccc(CN2CCc3c(N)cccc32)cc1. The molecule has 0 saturated heterocycles. The molecule has 0 amide bonds. The van der Waals surface area contributed by atoms with Gasteiger partial charge in [-0.2, -0.15) is 0 Å². The highest BCUT2D eigenvalue weighted by molar-refractivity contribution is 5.68. The Kier molecular flexibility index (Phi) is 3.03. The lowest BCUT2D eigenvalue weighted by molar-refractivity contribution is 0.414. The molecule has 0 unspecified atom stereocenters. The summed E-state index contributed by atoms with van der Waals surface area (Å²) in [5.74, 6) is 0.898. The van der Waals surface area contributed by atoms with Crippen molar-refractivity contribution in [2.24, 2.45) is 0 Å². The van der Waals surface area contributed by atoms with Crippen LogP contribution in [0.4, 0.5) is 11.4 Å². The molecule has 3 nitrogen and oxygen atoms in total. The van der Waals surface area contributed by atoms with E-state index >= 15 is 0 Å². The third-order valence-electron chi connectivity index (χ3n) is 3.69. The van der Waals surface area contributed by atoms with Gasteiger partial charge in [-0.3, -0.25) is 0 Å². The standard InChI is InChI=1S/C16H18N2O/c1-19-13-7-5-12(6-8-13)11-18-10-9-14-15(17)3-2-4-16(14)18/h2-8H,9-11,17H2,1H3. The zero-order valence-corrected chi connectivity index (χ0v) is 11.1. The fourth-order valence-corrected chi connectivity index (χ4v) is 2.64. The smallest absolute Gasteiger partial charge is 0.118 e. The van der Waals surface area contributed by atoms with E-state index in [4.69, 9.17) is 10.5 Å². The lowest BCUT2D eigenvalue weighted by Crippen LogP contribution is -2.19. The van der Waals surface area contributed by atoms with Crippen LogP contribution in [0.25, 0.3) is 0 Å². The van der Waals surface area contributed by atoms with Crippen molar-refractivity contribution in [1.82, 2.24) is 0 Å². The van der Waals surface area contributed by atoms with Crippen molar-refractivity contribution >= 4 is 11.4 Å². The van der Waals surface area contributed by atoms with E-state index < -0.39 is 0 Å². The number of anilines is 2. The molecule has 98 valence electrons. The number of nitrogens with zero attached hydrogens (tertiary/aromatic N) is 1. The van der Waals surface area contributed by atoms with Crippen LogP contribution in [0.2, 0.25) is 0 Å². The minimum absolute atomic E-state index is 0.898. The Morgan fingerprint density at radius 1 is 1.16 bits per heavy atom. The number of methoxy groups -OCH3 is 1. The van der Waals surface area contributed by atoms with Gasteiger partial charge in [-0.05, 0) is 36.2 Å². The summed E-state index contributed by atoms with van der Waals surface area (Å²) in [6, 6.07) is 14.4. The van der Waals surface area contributed by atoms with Gasteiger partial charge in [0.15, 0.2) is 0 Å². The summed E-state index contributed by atoms with van der Waals surface area (Å²) in [6.07, 6.45) is 1.04. The molecule has 0 atom stereocenters. The lowest BCUT2D eigenvalue weighted by Gasteiger charge is -2.19. The quantitative estimate of drug-likeness (QED) is 0.856. The van der Waals surface area contributed by atoms with Crippen LogP contribution in [0.5, 0.6) is 5.75 Å². The van der Waals surface area contributed by atoms with Gasteiger partial charge in [0.05, 0.1) is 7.11 Å². The number of hydrogen-bond acceptors (Lipinski definition) is 3. The molecule has 1 aliphatic rings. The van der Waals surface area contributed by atoms with E-state index in [1.54, 1.807) is 7.11 Å². The van der Waals surface area contributed by atoms with Gasteiger partial charge in [-0.1, -0.05) is 18.2 Å². The summed E-state index contributed by atoms with van der Waals surface area (Å²) in [4.78, 5) is 2.38. The highest BCUT2D eigenvalue weighted by atomic mass is 16.5. The molecule has 2 aromatic rings. The Bertz CT molecular complexity index is 578. The van der Waals surface area contributed by atoms with E-state index in [0.29, 0.717) is 0 Å². The molecule has 3 rings (SSSR count). The molecule has 0 aliphatic carbocycles. The molecule has 2 aromatic carbocycles. The van der Waals surface area contributed by atoms with Crippen LogP contribution in [0.3, 0.4) is 0 Å². The van der Waals surface area contributed by atoms with Gasteiger partial charge in [0, 0.05) is 30.0 Å². The summed E-state index contributed by atoms with van der Waals surface area (Å²) in [6.45, 7) is 1.95. The molecule has 0 aromatic heterocycles. The number of fused-ring (bicyclic) bond motifs is 1. The summed E-state index contributed by atoms with van der Waals surface area (Å²) in [5.41, 5.74) is 10.8. The number of nitrogens with two attached hydrogens (primary N) is 1. The van der Waals surface area contributed by atoms with E-state index in [0.717, 1.165) is 30.9 Å². The maximum atomic E-state index is 6.02. The molecule has 3 heteroatoms. The van der Waals surface area contributed by atoms with Crippen LogP contribution in [0, 0.1) is 0 Å². The van der Waals surface area contributed by atoms with Crippen LogP contribution < -0.4 is 15.4 Å². The Balaban J connectivity index is 1.80. The van der Waals surface area contributed by atoms with Gasteiger partial charge in [0.25, 0.3) is 0 Å². The molecule has 1 aliphatic heterocycles. The Morgan fingerprint density at radius 2 is 1.95 bits per heavy atom. The molecule has 0 bridgehead atoms. The van der Waals surface area contributed by atoms with Crippen LogP contribution >= 0.6 is 0 Å². The number of nitrogen functional groups attached to an aromatic ring is 1. The normalized spacial score (nSPS) is 13.4. The maximum absolute atomic E-state index is 6.02. The first-order chi connectivity index (χ1) is 9.28. The fraction of sp³-hybridized carbons (Fsp3) is 0.250. The monoisotopic (exact) mass is 254 g/mol.